The highest BCUT2D eigenvalue weighted by atomic mass is 16.5. The fourth-order valence-electron chi connectivity index (χ4n) is 3.05. The summed E-state index contributed by atoms with van der Waals surface area (Å²) in [7, 11) is 0. The Morgan fingerprint density at radius 1 is 0.958 bits per heavy atom. The number of para-hydroxylation sites is 1. The summed E-state index contributed by atoms with van der Waals surface area (Å²) in [5, 5.41) is 0. The van der Waals surface area contributed by atoms with Crippen molar-refractivity contribution in [1.82, 2.24) is 4.90 Å². The molecule has 2 N–H and O–H groups in total. The molecule has 24 heavy (non-hydrogen) atoms. The van der Waals surface area contributed by atoms with E-state index in [1.807, 2.05) is 30.3 Å². The summed E-state index contributed by atoms with van der Waals surface area (Å²) in [6.45, 7) is 9.29. The molecule has 3 heteroatoms. The second-order valence-corrected chi connectivity index (χ2v) is 6.22. The maximum Gasteiger partial charge on any atom is 0.130 e. The highest BCUT2D eigenvalue weighted by Crippen LogP contribution is 2.27. The molecular weight excluding hydrogens is 296 g/mol. The molecule has 0 saturated heterocycles. The molecule has 1 unspecified atom stereocenters. The molecule has 0 bridgehead atoms. The summed E-state index contributed by atoms with van der Waals surface area (Å²) in [5.41, 5.74) is 8.47. The lowest BCUT2D eigenvalue weighted by Crippen LogP contribution is -2.35. The van der Waals surface area contributed by atoms with E-state index in [2.05, 4.69) is 43.9 Å². The Kier molecular flexibility index (Phi) is 7.29. The third-order valence-electron chi connectivity index (χ3n) is 4.27. The van der Waals surface area contributed by atoms with Crippen LogP contribution < -0.4 is 10.5 Å². The second kappa shape index (κ2) is 9.45. The Hall–Kier alpha value is -1.84. The summed E-state index contributed by atoms with van der Waals surface area (Å²) in [4.78, 5) is 2.48. The van der Waals surface area contributed by atoms with Gasteiger partial charge in [0.25, 0.3) is 0 Å². The van der Waals surface area contributed by atoms with Gasteiger partial charge in [-0.1, -0.05) is 44.2 Å². The summed E-state index contributed by atoms with van der Waals surface area (Å²) in [5.74, 6) is 1.76. The van der Waals surface area contributed by atoms with Gasteiger partial charge in [-0.3, -0.25) is 4.90 Å². The zero-order chi connectivity index (χ0) is 17.4. The van der Waals surface area contributed by atoms with Crippen LogP contribution in [-0.4, -0.2) is 24.5 Å². The molecule has 0 radical (unpaired) electrons. The lowest BCUT2D eigenvalue weighted by atomic mass is 10.0. The molecule has 1 atom stereocenters. The summed E-state index contributed by atoms with van der Waals surface area (Å²) >= 11 is 0. The van der Waals surface area contributed by atoms with E-state index in [4.69, 9.17) is 10.5 Å². The summed E-state index contributed by atoms with van der Waals surface area (Å²) in [6, 6.07) is 16.7. The van der Waals surface area contributed by atoms with Gasteiger partial charge in [0.2, 0.25) is 0 Å². The van der Waals surface area contributed by atoms with E-state index in [1.54, 1.807) is 0 Å². The van der Waals surface area contributed by atoms with Crippen LogP contribution in [0.4, 0.5) is 0 Å². The van der Waals surface area contributed by atoms with Gasteiger partial charge in [0.1, 0.15) is 11.5 Å². The number of hydrogen-bond acceptors (Lipinski definition) is 3. The average molecular weight is 326 g/mol. The first kappa shape index (κ1) is 18.5. The number of rotatable bonds is 9. The molecule has 0 amide bonds. The first-order valence-corrected chi connectivity index (χ1v) is 8.97. The number of benzene rings is 2. The van der Waals surface area contributed by atoms with E-state index in [0.717, 1.165) is 43.0 Å². The Morgan fingerprint density at radius 3 is 2.12 bits per heavy atom. The van der Waals surface area contributed by atoms with Crippen molar-refractivity contribution in [2.45, 2.75) is 39.7 Å². The van der Waals surface area contributed by atoms with E-state index < -0.39 is 0 Å². The van der Waals surface area contributed by atoms with Gasteiger partial charge in [-0.15, -0.1) is 0 Å². The van der Waals surface area contributed by atoms with Gasteiger partial charge in [-0.2, -0.15) is 0 Å². The third kappa shape index (κ3) is 4.83. The molecule has 0 heterocycles. The van der Waals surface area contributed by atoms with Crippen molar-refractivity contribution in [2.24, 2.45) is 5.73 Å². The van der Waals surface area contributed by atoms with E-state index in [1.165, 1.54) is 5.56 Å². The van der Waals surface area contributed by atoms with Crippen molar-refractivity contribution < 1.29 is 4.74 Å². The maximum absolute atomic E-state index is 6.07. The van der Waals surface area contributed by atoms with Crippen LogP contribution >= 0.6 is 0 Å². The zero-order valence-electron chi connectivity index (χ0n) is 15.2. The monoisotopic (exact) mass is 326 g/mol. The molecule has 0 aliphatic rings. The largest absolute Gasteiger partial charge is 0.457 e. The van der Waals surface area contributed by atoms with Crippen LogP contribution in [0.1, 0.15) is 43.9 Å². The number of nitrogens with two attached hydrogens (primary N) is 1. The number of ether oxygens (including phenoxy) is 1. The Balaban J connectivity index is 2.13. The van der Waals surface area contributed by atoms with Gasteiger partial charge in [0.15, 0.2) is 0 Å². The predicted molar refractivity (Wildman–Crippen MR) is 102 cm³/mol. The SMILES string of the molecule is CCCN(CCC)C(CN)c1ccc(Oc2ccccc2C)cc1. The average Bonchev–Trinajstić information content (AvgIpc) is 2.59. The molecule has 3 nitrogen and oxygen atoms in total. The number of hydrogen-bond donors (Lipinski definition) is 1. The fraction of sp³-hybridized carbons (Fsp3) is 0.429. The fourth-order valence-corrected chi connectivity index (χ4v) is 3.05. The van der Waals surface area contributed by atoms with Crippen molar-refractivity contribution in [3.05, 3.63) is 59.7 Å². The van der Waals surface area contributed by atoms with Gasteiger partial charge < -0.3 is 10.5 Å². The van der Waals surface area contributed by atoms with Crippen LogP contribution in [-0.2, 0) is 0 Å². The highest BCUT2D eigenvalue weighted by Gasteiger charge is 2.17. The van der Waals surface area contributed by atoms with E-state index in [9.17, 15) is 0 Å². The molecular formula is C21H30N2O. The van der Waals surface area contributed by atoms with Gasteiger partial charge >= 0.3 is 0 Å². The Labute approximate surface area is 146 Å². The van der Waals surface area contributed by atoms with Crippen LogP contribution in [0.5, 0.6) is 11.5 Å². The van der Waals surface area contributed by atoms with E-state index in [0.29, 0.717) is 6.54 Å². The minimum absolute atomic E-state index is 0.275. The smallest absolute Gasteiger partial charge is 0.130 e. The van der Waals surface area contributed by atoms with Crippen LogP contribution in [0.2, 0.25) is 0 Å². The van der Waals surface area contributed by atoms with Crippen molar-refractivity contribution in [2.75, 3.05) is 19.6 Å². The van der Waals surface area contributed by atoms with E-state index in [-0.39, 0.29) is 6.04 Å². The highest BCUT2D eigenvalue weighted by molar-refractivity contribution is 5.38. The predicted octanol–water partition coefficient (Wildman–Crippen LogP) is 4.91. The van der Waals surface area contributed by atoms with Gasteiger partial charge in [0, 0.05) is 12.6 Å². The normalized spacial score (nSPS) is 12.4. The van der Waals surface area contributed by atoms with Crippen LogP contribution in [0, 0.1) is 6.92 Å². The van der Waals surface area contributed by atoms with E-state index >= 15 is 0 Å². The van der Waals surface area contributed by atoms with Crippen molar-refractivity contribution in [1.29, 1.82) is 0 Å². The lowest BCUT2D eigenvalue weighted by molar-refractivity contribution is 0.202. The van der Waals surface area contributed by atoms with Crippen molar-refractivity contribution >= 4 is 0 Å². The van der Waals surface area contributed by atoms with Gasteiger partial charge in [-0.25, -0.2) is 0 Å². The molecule has 130 valence electrons. The Bertz CT molecular complexity index is 603. The quantitative estimate of drug-likeness (QED) is 0.711. The second-order valence-electron chi connectivity index (χ2n) is 6.22. The molecule has 0 saturated carbocycles. The molecule has 2 aromatic rings. The third-order valence-corrected chi connectivity index (χ3v) is 4.27. The standard InChI is InChI=1S/C21H30N2O/c1-4-14-23(15-5-2)20(16-22)18-10-12-19(13-11-18)24-21-9-7-6-8-17(21)3/h6-13,20H,4-5,14-16,22H2,1-3H3. The van der Waals surface area contributed by atoms with Crippen LogP contribution in [0.25, 0.3) is 0 Å². The van der Waals surface area contributed by atoms with Crippen LogP contribution in [0.15, 0.2) is 48.5 Å². The molecule has 0 aliphatic carbocycles. The minimum atomic E-state index is 0.275. The minimum Gasteiger partial charge on any atom is -0.457 e. The molecule has 0 aliphatic heterocycles. The van der Waals surface area contributed by atoms with Crippen LogP contribution in [0.3, 0.4) is 0 Å². The molecule has 0 aromatic heterocycles. The topological polar surface area (TPSA) is 38.5 Å². The Morgan fingerprint density at radius 2 is 1.58 bits per heavy atom. The van der Waals surface area contributed by atoms with Crippen molar-refractivity contribution in [3.63, 3.8) is 0 Å². The molecule has 0 spiro atoms. The maximum atomic E-state index is 6.07. The first-order chi connectivity index (χ1) is 11.7. The number of aryl methyl sites for hydroxylation is 1. The lowest BCUT2D eigenvalue weighted by Gasteiger charge is -2.30. The summed E-state index contributed by atoms with van der Waals surface area (Å²) < 4.78 is 5.99. The first-order valence-electron chi connectivity index (χ1n) is 8.97. The number of nitrogens with zero attached hydrogens (tertiary/aromatic N) is 1. The van der Waals surface area contributed by atoms with Gasteiger partial charge in [-0.05, 0) is 62.2 Å². The molecule has 2 aromatic carbocycles. The summed E-state index contributed by atoms with van der Waals surface area (Å²) in [6.07, 6.45) is 2.29. The van der Waals surface area contributed by atoms with Crippen molar-refractivity contribution in [3.8, 4) is 11.5 Å². The molecule has 0 fully saturated rings. The molecule has 2 rings (SSSR count). The van der Waals surface area contributed by atoms with Gasteiger partial charge in [0.05, 0.1) is 0 Å². The zero-order valence-corrected chi connectivity index (χ0v) is 15.2.